The van der Waals surface area contributed by atoms with Gasteiger partial charge in [0.15, 0.2) is 22.9 Å². The third-order valence-electron chi connectivity index (χ3n) is 5.54. The topological polar surface area (TPSA) is 105 Å². The molecule has 38 heavy (non-hydrogen) atoms. The van der Waals surface area contributed by atoms with Gasteiger partial charge in [0.1, 0.15) is 0 Å². The van der Waals surface area contributed by atoms with Gasteiger partial charge in [0, 0.05) is 4.88 Å². The van der Waals surface area contributed by atoms with Crippen molar-refractivity contribution in [2.75, 3.05) is 26.9 Å². The Morgan fingerprint density at radius 2 is 1.89 bits per heavy atom. The molecule has 0 fully saturated rings. The Labute approximate surface area is 234 Å². The van der Waals surface area contributed by atoms with Crippen LogP contribution >= 0.6 is 38.6 Å². The van der Waals surface area contributed by atoms with E-state index in [4.69, 9.17) is 14.2 Å². The summed E-state index contributed by atoms with van der Waals surface area (Å²) in [5.41, 5.74) is 1.05. The Morgan fingerprint density at radius 3 is 2.55 bits per heavy atom. The summed E-state index contributed by atoms with van der Waals surface area (Å²) in [5, 5.41) is 0. The normalized spacial score (nSPS) is 15.1. The van der Waals surface area contributed by atoms with Gasteiger partial charge >= 0.3 is 11.9 Å². The van der Waals surface area contributed by atoms with E-state index in [1.165, 1.54) is 34.4 Å². The fourth-order valence-corrected chi connectivity index (χ4v) is 6.40. The zero-order valence-corrected chi connectivity index (χ0v) is 24.3. The van der Waals surface area contributed by atoms with Crippen molar-refractivity contribution in [3.63, 3.8) is 0 Å². The number of ether oxygens (including phenoxy) is 4. The Balaban J connectivity index is 1.89. The highest BCUT2D eigenvalue weighted by atomic mass is 79.9. The van der Waals surface area contributed by atoms with Gasteiger partial charge in [-0.25, -0.2) is 14.6 Å². The van der Waals surface area contributed by atoms with E-state index in [-0.39, 0.29) is 24.3 Å². The van der Waals surface area contributed by atoms with E-state index in [1.54, 1.807) is 32.0 Å². The number of methoxy groups -OCH3 is 1. The predicted octanol–water partition coefficient (Wildman–Crippen LogP) is 3.57. The fourth-order valence-electron chi connectivity index (χ4n) is 3.92. The molecule has 2 aromatic heterocycles. The van der Waals surface area contributed by atoms with Crippen LogP contribution in [0.15, 0.2) is 55.2 Å². The number of aromatic nitrogens is 1. The van der Waals surface area contributed by atoms with Crippen LogP contribution in [0.4, 0.5) is 0 Å². The van der Waals surface area contributed by atoms with Crippen LogP contribution in [0, 0.1) is 0 Å². The summed E-state index contributed by atoms with van der Waals surface area (Å²) >= 11 is 6.21. The van der Waals surface area contributed by atoms with Crippen molar-refractivity contribution in [3.05, 3.63) is 75.5 Å². The molecule has 1 aliphatic rings. The molecule has 0 saturated heterocycles. The summed E-state index contributed by atoms with van der Waals surface area (Å²) in [4.78, 5) is 44.4. The lowest BCUT2D eigenvalue weighted by atomic mass is 9.95. The number of hydrogen-bond acceptors (Lipinski definition) is 10. The molecule has 3 aromatic rings. The van der Waals surface area contributed by atoms with Crippen molar-refractivity contribution < 1.29 is 28.5 Å². The average Bonchev–Trinajstić information content (AvgIpc) is 3.44. The molecular formula is C26H25BrN2O7S2. The average molecular weight is 622 g/mol. The number of carbonyl (C=O) groups excluding carboxylic acids is 2. The van der Waals surface area contributed by atoms with E-state index >= 15 is 0 Å². The van der Waals surface area contributed by atoms with E-state index in [1.807, 2.05) is 25.1 Å². The summed E-state index contributed by atoms with van der Waals surface area (Å²) in [7, 11) is 1.27. The van der Waals surface area contributed by atoms with Crippen LogP contribution in [0.3, 0.4) is 0 Å². The number of thiazole rings is 1. The number of rotatable bonds is 9. The van der Waals surface area contributed by atoms with Crippen LogP contribution in [-0.2, 0) is 19.1 Å². The van der Waals surface area contributed by atoms with Crippen molar-refractivity contribution in [2.24, 2.45) is 4.99 Å². The van der Waals surface area contributed by atoms with Crippen LogP contribution in [0.25, 0.3) is 6.08 Å². The van der Waals surface area contributed by atoms with Gasteiger partial charge in [0.25, 0.3) is 5.56 Å². The maximum atomic E-state index is 13.7. The lowest BCUT2D eigenvalue weighted by molar-refractivity contribution is -0.143. The first-order valence-electron chi connectivity index (χ1n) is 11.7. The van der Waals surface area contributed by atoms with Gasteiger partial charge in [0.05, 0.1) is 46.0 Å². The molecule has 0 unspecified atom stereocenters. The quantitative estimate of drug-likeness (QED) is 0.337. The molecule has 0 N–H and O–H groups in total. The number of thiophene rings is 1. The van der Waals surface area contributed by atoms with Gasteiger partial charge in [-0.05, 0) is 72.6 Å². The molecular weight excluding hydrogens is 596 g/mol. The second kappa shape index (κ2) is 12.1. The van der Waals surface area contributed by atoms with Crippen LogP contribution in [0.2, 0.25) is 0 Å². The van der Waals surface area contributed by atoms with Crippen molar-refractivity contribution in [1.29, 1.82) is 0 Å². The van der Waals surface area contributed by atoms with Crippen molar-refractivity contribution in [1.82, 2.24) is 4.57 Å². The molecule has 9 nitrogen and oxygen atoms in total. The SMILES string of the molecule is CCOC(=O)C1=C(C)N=c2s/c(=C\c3ccc(Br)s3)c(=O)n2[C@H]1c1ccc(OCC(=O)OC)c(OCC)c1. The molecule has 0 amide bonds. The first-order chi connectivity index (χ1) is 18.3. The lowest BCUT2D eigenvalue weighted by Crippen LogP contribution is -2.39. The number of nitrogens with zero attached hydrogens (tertiary/aromatic N) is 2. The Morgan fingerprint density at radius 1 is 1.11 bits per heavy atom. The maximum Gasteiger partial charge on any atom is 0.343 e. The van der Waals surface area contributed by atoms with Gasteiger partial charge in [0.2, 0.25) is 0 Å². The minimum Gasteiger partial charge on any atom is -0.490 e. The third kappa shape index (κ3) is 5.77. The maximum absolute atomic E-state index is 13.7. The number of halogens is 1. The highest BCUT2D eigenvalue weighted by Crippen LogP contribution is 2.36. The third-order valence-corrected chi connectivity index (χ3v) is 8.09. The molecule has 12 heteroatoms. The second-order valence-electron chi connectivity index (χ2n) is 7.95. The smallest absolute Gasteiger partial charge is 0.343 e. The lowest BCUT2D eigenvalue weighted by Gasteiger charge is -2.25. The van der Waals surface area contributed by atoms with Crippen LogP contribution < -0.4 is 24.4 Å². The van der Waals surface area contributed by atoms with E-state index in [0.29, 0.717) is 38.7 Å². The minimum atomic E-state index is -0.809. The monoisotopic (exact) mass is 620 g/mol. The van der Waals surface area contributed by atoms with Crippen LogP contribution in [-0.4, -0.2) is 43.4 Å². The van der Waals surface area contributed by atoms with Gasteiger partial charge in [-0.1, -0.05) is 17.4 Å². The summed E-state index contributed by atoms with van der Waals surface area (Å²) in [6.07, 6.45) is 1.81. The number of carbonyl (C=O) groups is 2. The van der Waals surface area contributed by atoms with Gasteiger partial charge in [-0.2, -0.15) is 0 Å². The number of fused-ring (bicyclic) bond motifs is 1. The van der Waals surface area contributed by atoms with E-state index in [0.717, 1.165) is 8.66 Å². The highest BCUT2D eigenvalue weighted by molar-refractivity contribution is 9.11. The van der Waals surface area contributed by atoms with E-state index < -0.39 is 18.0 Å². The van der Waals surface area contributed by atoms with Gasteiger partial charge in [-0.3, -0.25) is 9.36 Å². The molecule has 4 rings (SSSR count). The molecule has 0 radical (unpaired) electrons. The summed E-state index contributed by atoms with van der Waals surface area (Å²) in [6, 6.07) is 8.09. The molecule has 1 atom stereocenters. The Bertz CT molecular complexity index is 1590. The molecule has 1 aromatic carbocycles. The second-order valence-corrected chi connectivity index (χ2v) is 11.5. The van der Waals surface area contributed by atoms with Crippen molar-refractivity contribution >= 4 is 56.6 Å². The Hall–Kier alpha value is -3.22. The van der Waals surface area contributed by atoms with E-state index in [9.17, 15) is 14.4 Å². The number of benzene rings is 1. The first-order valence-corrected chi connectivity index (χ1v) is 14.1. The molecule has 200 valence electrons. The molecule has 0 saturated carbocycles. The van der Waals surface area contributed by atoms with Crippen LogP contribution in [0.1, 0.15) is 37.3 Å². The Kier molecular flexibility index (Phi) is 8.85. The molecule has 0 bridgehead atoms. The standard InChI is InChI=1S/C26H25BrN2O7S2/c1-5-34-18-11-15(7-9-17(18)36-13-21(30)33-4)23-22(25(32)35-6-2)14(3)28-26-29(23)24(31)19(38-26)12-16-8-10-20(27)37-16/h7-12,23H,5-6,13H2,1-4H3/b19-12-/t23-/m0/s1. The van der Waals surface area contributed by atoms with Crippen molar-refractivity contribution in [2.45, 2.75) is 26.8 Å². The predicted molar refractivity (Wildman–Crippen MR) is 148 cm³/mol. The highest BCUT2D eigenvalue weighted by Gasteiger charge is 2.34. The number of hydrogen-bond donors (Lipinski definition) is 0. The zero-order valence-electron chi connectivity index (χ0n) is 21.1. The molecule has 0 aliphatic carbocycles. The van der Waals surface area contributed by atoms with Crippen molar-refractivity contribution in [3.8, 4) is 11.5 Å². The zero-order chi connectivity index (χ0) is 27.4. The summed E-state index contributed by atoms with van der Waals surface area (Å²) in [5.74, 6) is -0.406. The molecule has 1 aliphatic heterocycles. The van der Waals surface area contributed by atoms with Crippen LogP contribution in [0.5, 0.6) is 11.5 Å². The van der Waals surface area contributed by atoms with Gasteiger partial charge in [-0.15, -0.1) is 11.3 Å². The summed E-state index contributed by atoms with van der Waals surface area (Å²) < 4.78 is 24.3. The minimum absolute atomic E-state index is 0.171. The largest absolute Gasteiger partial charge is 0.490 e. The molecule has 0 spiro atoms. The molecule has 3 heterocycles. The van der Waals surface area contributed by atoms with E-state index in [2.05, 4.69) is 25.7 Å². The summed E-state index contributed by atoms with van der Waals surface area (Å²) in [6.45, 7) is 5.47. The van der Waals surface area contributed by atoms with Gasteiger partial charge < -0.3 is 18.9 Å². The number of esters is 2. The fraction of sp³-hybridized carbons (Fsp3) is 0.308. The number of allylic oxidation sites excluding steroid dienone is 1. The first kappa shape index (κ1) is 27.8.